The monoisotopic (exact) mass is 348 g/mol. The van der Waals surface area contributed by atoms with Crippen molar-refractivity contribution >= 4 is 17.3 Å². The summed E-state index contributed by atoms with van der Waals surface area (Å²) in [5.74, 6) is 1.61. The Labute approximate surface area is 146 Å². The molecule has 24 heavy (non-hydrogen) atoms. The van der Waals surface area contributed by atoms with Crippen molar-refractivity contribution in [3.8, 4) is 11.5 Å². The van der Waals surface area contributed by atoms with Crippen molar-refractivity contribution in [2.45, 2.75) is 26.8 Å². The fourth-order valence-corrected chi connectivity index (χ4v) is 3.07. The van der Waals surface area contributed by atoms with Gasteiger partial charge in [-0.15, -0.1) is 11.3 Å². The van der Waals surface area contributed by atoms with E-state index in [1.54, 1.807) is 31.6 Å². The molecule has 2 rings (SSSR count). The largest absolute Gasteiger partial charge is 0.508 e. The fraction of sp³-hybridized carbons (Fsp3) is 0.412. The van der Waals surface area contributed by atoms with Crippen LogP contribution in [0.3, 0.4) is 0 Å². The maximum Gasteiger partial charge on any atom is 0.191 e. The minimum Gasteiger partial charge on any atom is -0.508 e. The normalized spacial score (nSPS) is 11.4. The fourth-order valence-electron chi connectivity index (χ4n) is 2.19. The highest BCUT2D eigenvalue weighted by molar-refractivity contribution is 7.11. The van der Waals surface area contributed by atoms with Gasteiger partial charge in [0.15, 0.2) is 5.96 Å². The second kappa shape index (κ2) is 8.54. The molecule has 6 nitrogen and oxygen atoms in total. The molecule has 0 aliphatic heterocycles. The number of aliphatic imine (C=N–C) groups is 1. The first-order chi connectivity index (χ1) is 11.5. The van der Waals surface area contributed by atoms with Crippen molar-refractivity contribution in [3.05, 3.63) is 39.3 Å². The molecule has 0 fully saturated rings. The van der Waals surface area contributed by atoms with Crippen LogP contribution in [0.5, 0.6) is 11.5 Å². The summed E-state index contributed by atoms with van der Waals surface area (Å²) in [7, 11) is 3.32. The number of guanidine groups is 1. The van der Waals surface area contributed by atoms with Crippen LogP contribution in [0.15, 0.2) is 23.2 Å². The number of benzene rings is 1. The van der Waals surface area contributed by atoms with Gasteiger partial charge in [0.05, 0.1) is 19.3 Å². The molecule has 0 radical (unpaired) electrons. The summed E-state index contributed by atoms with van der Waals surface area (Å²) in [5, 5.41) is 17.5. The van der Waals surface area contributed by atoms with Crippen LogP contribution in [0.25, 0.3) is 0 Å². The van der Waals surface area contributed by atoms with Crippen molar-refractivity contribution < 1.29 is 9.84 Å². The lowest BCUT2D eigenvalue weighted by Crippen LogP contribution is -2.37. The number of thiazole rings is 1. The van der Waals surface area contributed by atoms with E-state index in [1.807, 2.05) is 19.1 Å². The van der Waals surface area contributed by atoms with Gasteiger partial charge in [0, 0.05) is 24.5 Å². The van der Waals surface area contributed by atoms with E-state index in [2.05, 4.69) is 27.5 Å². The van der Waals surface area contributed by atoms with Crippen LogP contribution < -0.4 is 15.4 Å². The van der Waals surface area contributed by atoms with Gasteiger partial charge >= 0.3 is 0 Å². The van der Waals surface area contributed by atoms with Gasteiger partial charge in [0.25, 0.3) is 0 Å². The molecule has 0 saturated heterocycles. The van der Waals surface area contributed by atoms with Gasteiger partial charge in [-0.2, -0.15) is 0 Å². The predicted molar refractivity (Wildman–Crippen MR) is 98.2 cm³/mol. The topological polar surface area (TPSA) is 78.8 Å². The molecular formula is C17H24N4O2S. The average molecular weight is 348 g/mol. The zero-order valence-corrected chi connectivity index (χ0v) is 15.3. The standard InChI is InChI=1S/C17H24N4O2S/c1-11-12(2)24-16(21-11)10-20-17(18-3)19-8-7-13-5-6-14(23-4)9-15(13)22/h5-6,9,22H,7-8,10H2,1-4H3,(H2,18,19,20). The van der Waals surface area contributed by atoms with E-state index in [0.717, 1.165) is 16.3 Å². The summed E-state index contributed by atoms with van der Waals surface area (Å²) in [4.78, 5) is 9.94. The van der Waals surface area contributed by atoms with Crippen LogP contribution in [0.4, 0.5) is 0 Å². The van der Waals surface area contributed by atoms with Gasteiger partial charge in [-0.05, 0) is 31.9 Å². The van der Waals surface area contributed by atoms with E-state index in [0.29, 0.717) is 31.2 Å². The third-order valence-corrected chi connectivity index (χ3v) is 4.76. The van der Waals surface area contributed by atoms with Gasteiger partial charge < -0.3 is 20.5 Å². The van der Waals surface area contributed by atoms with Gasteiger partial charge in [0.2, 0.25) is 0 Å². The van der Waals surface area contributed by atoms with Gasteiger partial charge in [-0.3, -0.25) is 4.99 Å². The summed E-state index contributed by atoms with van der Waals surface area (Å²) in [6.45, 7) is 5.40. The summed E-state index contributed by atoms with van der Waals surface area (Å²) in [6, 6.07) is 5.33. The SMILES string of the molecule is CN=C(NCCc1ccc(OC)cc1O)NCc1nc(C)c(C)s1. The lowest BCUT2D eigenvalue weighted by molar-refractivity contribution is 0.406. The number of rotatable bonds is 6. The molecule has 0 saturated carbocycles. The molecule has 0 unspecified atom stereocenters. The highest BCUT2D eigenvalue weighted by Gasteiger charge is 2.06. The maximum atomic E-state index is 9.96. The van der Waals surface area contributed by atoms with Crippen LogP contribution in [0.2, 0.25) is 0 Å². The van der Waals surface area contributed by atoms with E-state index < -0.39 is 0 Å². The van der Waals surface area contributed by atoms with E-state index in [9.17, 15) is 5.11 Å². The predicted octanol–water partition coefficient (Wildman–Crippen LogP) is 2.38. The van der Waals surface area contributed by atoms with Crippen molar-refractivity contribution in [2.75, 3.05) is 20.7 Å². The summed E-state index contributed by atoms with van der Waals surface area (Å²) in [6.07, 6.45) is 0.687. The molecule has 0 bridgehead atoms. The highest BCUT2D eigenvalue weighted by Crippen LogP contribution is 2.23. The van der Waals surface area contributed by atoms with Gasteiger partial charge in [0.1, 0.15) is 16.5 Å². The van der Waals surface area contributed by atoms with Crippen LogP contribution in [-0.2, 0) is 13.0 Å². The van der Waals surface area contributed by atoms with Crippen LogP contribution >= 0.6 is 11.3 Å². The third-order valence-electron chi connectivity index (χ3n) is 3.68. The molecule has 0 aliphatic rings. The number of phenolic OH excluding ortho intramolecular Hbond substituents is 1. The summed E-state index contributed by atoms with van der Waals surface area (Å²) < 4.78 is 5.08. The summed E-state index contributed by atoms with van der Waals surface area (Å²) >= 11 is 1.69. The van der Waals surface area contributed by atoms with Gasteiger partial charge in [-0.1, -0.05) is 6.07 Å². The second-order valence-corrected chi connectivity index (χ2v) is 6.63. The molecule has 1 aromatic carbocycles. The van der Waals surface area contributed by atoms with Crippen molar-refractivity contribution in [3.63, 3.8) is 0 Å². The Balaban J connectivity index is 1.81. The van der Waals surface area contributed by atoms with Gasteiger partial charge in [-0.25, -0.2) is 4.98 Å². The Morgan fingerprint density at radius 1 is 1.33 bits per heavy atom. The first-order valence-corrected chi connectivity index (χ1v) is 8.58. The van der Waals surface area contributed by atoms with E-state index in [-0.39, 0.29) is 5.75 Å². The Hall–Kier alpha value is -2.28. The van der Waals surface area contributed by atoms with Crippen molar-refractivity contribution in [2.24, 2.45) is 4.99 Å². The smallest absolute Gasteiger partial charge is 0.191 e. The van der Waals surface area contributed by atoms with Crippen LogP contribution in [-0.4, -0.2) is 36.8 Å². The van der Waals surface area contributed by atoms with Crippen LogP contribution in [0.1, 0.15) is 21.1 Å². The van der Waals surface area contributed by atoms with Crippen molar-refractivity contribution in [1.29, 1.82) is 0 Å². The lowest BCUT2D eigenvalue weighted by Gasteiger charge is -2.12. The number of aromatic nitrogens is 1. The number of aromatic hydroxyl groups is 1. The number of hydrogen-bond acceptors (Lipinski definition) is 5. The third kappa shape index (κ3) is 4.86. The Morgan fingerprint density at radius 3 is 2.71 bits per heavy atom. The van der Waals surface area contributed by atoms with E-state index in [1.165, 1.54) is 4.88 Å². The number of nitrogens with zero attached hydrogens (tertiary/aromatic N) is 2. The minimum absolute atomic E-state index is 0.243. The molecule has 0 amide bonds. The summed E-state index contributed by atoms with van der Waals surface area (Å²) in [5.41, 5.74) is 1.94. The quantitative estimate of drug-likeness (QED) is 0.552. The Morgan fingerprint density at radius 2 is 2.12 bits per heavy atom. The number of aryl methyl sites for hydroxylation is 2. The number of methoxy groups -OCH3 is 1. The zero-order valence-electron chi connectivity index (χ0n) is 14.5. The molecular weight excluding hydrogens is 324 g/mol. The molecule has 0 aliphatic carbocycles. The molecule has 2 aromatic rings. The molecule has 7 heteroatoms. The maximum absolute atomic E-state index is 9.96. The highest BCUT2D eigenvalue weighted by atomic mass is 32.1. The zero-order chi connectivity index (χ0) is 17.5. The second-order valence-electron chi connectivity index (χ2n) is 5.35. The molecule has 0 spiro atoms. The molecule has 3 N–H and O–H groups in total. The molecule has 0 atom stereocenters. The van der Waals surface area contributed by atoms with E-state index in [4.69, 9.17) is 4.74 Å². The van der Waals surface area contributed by atoms with Crippen molar-refractivity contribution in [1.82, 2.24) is 15.6 Å². The molecule has 1 aromatic heterocycles. The lowest BCUT2D eigenvalue weighted by atomic mass is 10.1. The number of phenols is 1. The average Bonchev–Trinajstić information content (AvgIpc) is 2.90. The molecule has 1 heterocycles. The first-order valence-electron chi connectivity index (χ1n) is 7.76. The number of ether oxygens (including phenoxy) is 1. The minimum atomic E-state index is 0.243. The first kappa shape index (κ1) is 18.1. The van der Waals surface area contributed by atoms with Crippen LogP contribution in [0, 0.1) is 13.8 Å². The number of nitrogens with one attached hydrogen (secondary N) is 2. The Bertz CT molecular complexity index is 693. The Kier molecular flexibility index (Phi) is 6.43. The van der Waals surface area contributed by atoms with E-state index >= 15 is 0 Å². The number of hydrogen-bond donors (Lipinski definition) is 3. The molecule has 130 valence electrons.